The van der Waals surface area contributed by atoms with Gasteiger partial charge < -0.3 is 36.9 Å². The lowest BCUT2D eigenvalue weighted by atomic mass is 10.1. The van der Waals surface area contributed by atoms with Crippen molar-refractivity contribution in [1.82, 2.24) is 14.9 Å². The lowest BCUT2D eigenvalue weighted by Gasteiger charge is -2.24. The topological polar surface area (TPSA) is 242 Å². The van der Waals surface area contributed by atoms with Gasteiger partial charge in [-0.15, -0.1) is 0 Å². The Kier molecular flexibility index (Phi) is 14.3. The Balaban J connectivity index is 2.93. The van der Waals surface area contributed by atoms with Crippen molar-refractivity contribution in [2.75, 3.05) is 34.3 Å². The molecule has 0 radical (unpaired) electrons. The number of nitrogens with two attached hydrogens (primary N) is 3. The van der Waals surface area contributed by atoms with E-state index in [2.05, 4.69) is 24.8 Å². The number of aldehydes is 1. The predicted molar refractivity (Wildman–Crippen MR) is 149 cm³/mol. The van der Waals surface area contributed by atoms with E-state index in [4.69, 9.17) is 17.2 Å². The minimum Gasteiger partial charge on any atom is -0.469 e. The Morgan fingerprint density at radius 3 is 2.48 bits per heavy atom. The molecule has 1 aromatic carbocycles. The fraction of sp³-hybridized carbons (Fsp3) is 0.500. The van der Waals surface area contributed by atoms with Gasteiger partial charge in [0.2, 0.25) is 21.8 Å². The minimum atomic E-state index is -4.09. The fourth-order valence-electron chi connectivity index (χ4n) is 3.53. The molecule has 0 aliphatic rings. The van der Waals surface area contributed by atoms with Crippen LogP contribution in [-0.2, 0) is 39.7 Å². The van der Waals surface area contributed by atoms with Crippen molar-refractivity contribution in [2.45, 2.75) is 43.5 Å². The quantitative estimate of drug-likeness (QED) is 0.0443. The van der Waals surface area contributed by atoms with Gasteiger partial charge >= 0.3 is 5.97 Å². The molecule has 0 aliphatic carbocycles. The maximum Gasteiger partial charge on any atom is 0.305 e. The second kappa shape index (κ2) is 16.8. The van der Waals surface area contributed by atoms with Gasteiger partial charge in [-0.25, -0.2) is 13.1 Å². The lowest BCUT2D eigenvalue weighted by molar-refractivity contribution is -0.141. The number of likely N-dealkylation sites (N-methyl/N-ethyl adjacent to an activating group) is 1. The highest BCUT2D eigenvalue weighted by atomic mass is 32.2. The molecule has 0 fully saturated rings. The summed E-state index contributed by atoms with van der Waals surface area (Å²) in [5.74, 6) is -2.39. The summed E-state index contributed by atoms with van der Waals surface area (Å²) >= 11 is 0. The number of nitrogens with zero attached hydrogens (tertiary/aromatic N) is 3. The van der Waals surface area contributed by atoms with Crippen molar-refractivity contribution in [3.63, 3.8) is 0 Å². The van der Waals surface area contributed by atoms with Crippen LogP contribution in [0, 0.1) is 0 Å². The third-order valence-electron chi connectivity index (χ3n) is 5.54. The molecule has 0 aromatic heterocycles. The summed E-state index contributed by atoms with van der Waals surface area (Å²) in [5.41, 5.74) is 17.2. The summed E-state index contributed by atoms with van der Waals surface area (Å²) < 4.78 is 32.9. The second-order valence-corrected chi connectivity index (χ2v) is 10.6. The van der Waals surface area contributed by atoms with Crippen molar-refractivity contribution in [3.8, 4) is 0 Å². The van der Waals surface area contributed by atoms with E-state index in [0.717, 1.165) is 4.90 Å². The number of sulfonamides is 1. The molecule has 0 bridgehead atoms. The molecule has 1 unspecified atom stereocenters. The molecule has 1 aromatic rings. The SMILES string of the molecule is CN=C(N)c1cccc(CS(=O)(=O)N[C@@H](CCC(=O)OC)C(=O)N(C)CC(=O)NC(C=O)CCCN=C(N)N)c1. The van der Waals surface area contributed by atoms with Gasteiger partial charge in [0.05, 0.1) is 25.4 Å². The number of nitrogens with one attached hydrogen (secondary N) is 2. The van der Waals surface area contributed by atoms with Crippen LogP contribution in [0.25, 0.3) is 0 Å². The normalized spacial score (nSPS) is 13.0. The number of methoxy groups -OCH3 is 1. The Labute approximate surface area is 233 Å². The van der Waals surface area contributed by atoms with E-state index < -0.39 is 52.2 Å². The van der Waals surface area contributed by atoms with E-state index in [9.17, 15) is 27.6 Å². The van der Waals surface area contributed by atoms with Crippen LogP contribution in [0.1, 0.15) is 36.8 Å². The van der Waals surface area contributed by atoms with Crippen LogP contribution in [0.15, 0.2) is 34.3 Å². The van der Waals surface area contributed by atoms with E-state index in [1.54, 1.807) is 24.3 Å². The maximum absolute atomic E-state index is 13.1. The summed E-state index contributed by atoms with van der Waals surface area (Å²) in [6.07, 6.45) is 0.777. The van der Waals surface area contributed by atoms with E-state index >= 15 is 0 Å². The van der Waals surface area contributed by atoms with Crippen LogP contribution in [-0.4, -0.2) is 95.6 Å². The number of ether oxygens (including phenoxy) is 1. The van der Waals surface area contributed by atoms with Crippen molar-refractivity contribution in [1.29, 1.82) is 0 Å². The Morgan fingerprint density at radius 1 is 1.18 bits per heavy atom. The molecule has 2 amide bonds. The molecule has 16 heteroatoms. The van der Waals surface area contributed by atoms with Gasteiger partial charge in [0.25, 0.3) is 0 Å². The first-order valence-corrected chi connectivity index (χ1v) is 13.9. The van der Waals surface area contributed by atoms with Crippen LogP contribution in [0.3, 0.4) is 0 Å². The number of benzene rings is 1. The number of hydrogen-bond acceptors (Lipinski definition) is 9. The zero-order valence-electron chi connectivity index (χ0n) is 22.8. The first-order valence-electron chi connectivity index (χ1n) is 12.2. The summed E-state index contributed by atoms with van der Waals surface area (Å²) in [5, 5.41) is 2.49. The van der Waals surface area contributed by atoms with Crippen molar-refractivity contribution in [3.05, 3.63) is 35.4 Å². The van der Waals surface area contributed by atoms with Crippen LogP contribution in [0.4, 0.5) is 0 Å². The van der Waals surface area contributed by atoms with Gasteiger partial charge in [-0.05, 0) is 30.9 Å². The number of aliphatic imine (C=N–C) groups is 2. The number of amidine groups is 1. The molecule has 0 heterocycles. The van der Waals surface area contributed by atoms with Gasteiger partial charge in [-0.3, -0.25) is 24.4 Å². The smallest absolute Gasteiger partial charge is 0.305 e. The van der Waals surface area contributed by atoms with Crippen molar-refractivity contribution < 1.29 is 32.3 Å². The largest absolute Gasteiger partial charge is 0.469 e. The van der Waals surface area contributed by atoms with E-state index in [0.29, 0.717) is 23.8 Å². The van der Waals surface area contributed by atoms with Crippen LogP contribution in [0.5, 0.6) is 0 Å². The number of carbonyl (C=O) groups excluding carboxylic acids is 4. The molecule has 222 valence electrons. The van der Waals surface area contributed by atoms with Gasteiger partial charge in [-0.1, -0.05) is 18.2 Å². The minimum absolute atomic E-state index is 0.0895. The van der Waals surface area contributed by atoms with E-state index in [1.165, 1.54) is 21.2 Å². The third-order valence-corrected chi connectivity index (χ3v) is 6.90. The number of guanidine groups is 1. The highest BCUT2D eigenvalue weighted by Crippen LogP contribution is 2.12. The summed E-state index contributed by atoms with van der Waals surface area (Å²) in [6, 6.07) is 4.24. The first-order chi connectivity index (χ1) is 18.8. The van der Waals surface area contributed by atoms with Crippen LogP contribution < -0.4 is 27.2 Å². The average Bonchev–Trinajstić information content (AvgIpc) is 2.91. The maximum atomic E-state index is 13.1. The molecule has 15 nitrogen and oxygen atoms in total. The number of amides is 2. The molecule has 0 saturated carbocycles. The van der Waals surface area contributed by atoms with Gasteiger partial charge in [0.1, 0.15) is 18.2 Å². The third kappa shape index (κ3) is 12.7. The summed E-state index contributed by atoms with van der Waals surface area (Å²) in [4.78, 5) is 57.4. The molecule has 0 spiro atoms. The van der Waals surface area contributed by atoms with Gasteiger partial charge in [0, 0.05) is 32.6 Å². The molecular formula is C24H38N8O7S. The van der Waals surface area contributed by atoms with E-state index in [-0.39, 0.29) is 37.6 Å². The van der Waals surface area contributed by atoms with Gasteiger partial charge in [-0.2, -0.15) is 0 Å². The number of esters is 1. The number of rotatable bonds is 17. The average molecular weight is 583 g/mol. The molecule has 2 atom stereocenters. The second-order valence-electron chi connectivity index (χ2n) is 8.81. The molecule has 40 heavy (non-hydrogen) atoms. The summed E-state index contributed by atoms with van der Waals surface area (Å²) in [7, 11) is -0.126. The Bertz CT molecular complexity index is 1200. The van der Waals surface area contributed by atoms with Crippen molar-refractivity contribution >= 4 is 45.9 Å². The van der Waals surface area contributed by atoms with Crippen molar-refractivity contribution in [2.24, 2.45) is 27.2 Å². The van der Waals surface area contributed by atoms with Gasteiger partial charge in [0.15, 0.2) is 5.96 Å². The Morgan fingerprint density at radius 2 is 1.88 bits per heavy atom. The monoisotopic (exact) mass is 582 g/mol. The fourth-order valence-corrected chi connectivity index (χ4v) is 4.88. The van der Waals surface area contributed by atoms with Crippen LogP contribution >= 0.6 is 0 Å². The molecule has 1 rings (SSSR count). The summed E-state index contributed by atoms with van der Waals surface area (Å²) in [6.45, 7) is -0.196. The number of carbonyl (C=O) groups is 4. The Hall–Kier alpha value is -4.05. The standard InChI is InChI=1S/C24H38N8O7S/c1-28-22(25)17-7-4-6-16(12-17)15-40(37,38)31-19(9-10-21(35)39-3)23(36)32(2)13-20(34)30-18(14-33)8-5-11-29-24(26)27/h4,6-7,12,14,18-19,31H,5,8-11,13,15H2,1-3H3,(H2,25,28)(H,30,34)(H4,26,27,29)/t18?,19-/m0/s1. The predicted octanol–water partition coefficient (Wildman–Crippen LogP) is -2.04. The van der Waals surface area contributed by atoms with E-state index in [1.807, 2.05) is 0 Å². The molecular weight excluding hydrogens is 544 g/mol. The highest BCUT2D eigenvalue weighted by Gasteiger charge is 2.29. The zero-order chi connectivity index (χ0) is 30.3. The zero-order valence-corrected chi connectivity index (χ0v) is 23.6. The molecule has 8 N–H and O–H groups in total. The molecule has 0 saturated heterocycles. The highest BCUT2D eigenvalue weighted by molar-refractivity contribution is 7.88. The van der Waals surface area contributed by atoms with Crippen LogP contribution in [0.2, 0.25) is 0 Å². The molecule has 0 aliphatic heterocycles. The first kappa shape index (κ1) is 34.0. The number of hydrogen-bond donors (Lipinski definition) is 5. The lowest BCUT2D eigenvalue weighted by Crippen LogP contribution is -2.51.